The van der Waals surface area contributed by atoms with Crippen LogP contribution in [0.1, 0.15) is 50.5 Å². The molecule has 2 heterocycles. The second-order valence-corrected chi connectivity index (χ2v) is 8.26. The molecule has 3 atom stereocenters. The minimum atomic E-state index is -0.125. The smallest absolute Gasteiger partial charge is 0.270 e. The fourth-order valence-electron chi connectivity index (χ4n) is 4.76. The molecule has 2 bridgehead atoms. The van der Waals surface area contributed by atoms with E-state index in [2.05, 4.69) is 46.4 Å². The number of hydrogen-bond acceptors (Lipinski definition) is 5. The average molecular weight is 351 g/mol. The minimum Gasteiger partial charge on any atom is -0.347 e. The monoisotopic (exact) mass is 351 g/mol. The van der Waals surface area contributed by atoms with Crippen LogP contribution >= 0.6 is 0 Å². The first-order valence-corrected chi connectivity index (χ1v) is 9.21. The van der Waals surface area contributed by atoms with Crippen LogP contribution in [0.3, 0.4) is 0 Å². The highest BCUT2D eigenvalue weighted by molar-refractivity contribution is 5.92. The van der Waals surface area contributed by atoms with Crippen molar-refractivity contribution in [3.05, 3.63) is 42.5 Å². The van der Waals surface area contributed by atoms with Crippen LogP contribution in [-0.4, -0.2) is 26.9 Å². The molecule has 0 radical (unpaired) electrons. The number of carbonyl (C=O) groups is 1. The van der Waals surface area contributed by atoms with Crippen LogP contribution in [0.2, 0.25) is 0 Å². The third-order valence-electron chi connectivity index (χ3n) is 6.92. The second kappa shape index (κ2) is 6.04. The van der Waals surface area contributed by atoms with Crippen molar-refractivity contribution in [2.45, 2.75) is 46.1 Å². The molecule has 0 saturated heterocycles. The third kappa shape index (κ3) is 2.64. The molecule has 2 fully saturated rings. The van der Waals surface area contributed by atoms with Gasteiger partial charge in [0.1, 0.15) is 5.69 Å². The lowest BCUT2D eigenvalue weighted by Crippen LogP contribution is -2.47. The van der Waals surface area contributed by atoms with Crippen molar-refractivity contribution < 1.29 is 4.79 Å². The first-order valence-electron chi connectivity index (χ1n) is 9.21. The van der Waals surface area contributed by atoms with Gasteiger partial charge in [0.05, 0.1) is 0 Å². The Bertz CT molecular complexity index is 822. The summed E-state index contributed by atoms with van der Waals surface area (Å²) in [7, 11) is 0. The summed E-state index contributed by atoms with van der Waals surface area (Å²) in [6.07, 6.45) is 8.49. The van der Waals surface area contributed by atoms with E-state index < -0.39 is 0 Å². The summed E-state index contributed by atoms with van der Waals surface area (Å²) < 4.78 is 0. The zero-order chi connectivity index (χ0) is 18.4. The van der Waals surface area contributed by atoms with Gasteiger partial charge in [-0.2, -0.15) is 0 Å². The molecule has 2 aliphatic rings. The molecule has 26 heavy (non-hydrogen) atoms. The number of nitrogens with zero attached hydrogens (tertiary/aromatic N) is 3. The van der Waals surface area contributed by atoms with Gasteiger partial charge in [0.2, 0.25) is 5.95 Å². The zero-order valence-corrected chi connectivity index (χ0v) is 15.5. The second-order valence-electron chi connectivity index (χ2n) is 8.26. The Hall–Kier alpha value is -2.50. The van der Waals surface area contributed by atoms with Crippen molar-refractivity contribution in [2.24, 2.45) is 16.7 Å². The maximum Gasteiger partial charge on any atom is 0.270 e. The Balaban J connectivity index is 1.48. The Labute approximate surface area is 153 Å². The molecule has 6 heteroatoms. The van der Waals surface area contributed by atoms with Gasteiger partial charge < -0.3 is 10.6 Å². The molecule has 0 unspecified atom stereocenters. The summed E-state index contributed by atoms with van der Waals surface area (Å²) in [5.41, 5.74) is 1.64. The van der Waals surface area contributed by atoms with E-state index in [0.717, 1.165) is 12.1 Å². The van der Waals surface area contributed by atoms with Crippen LogP contribution in [0.5, 0.6) is 0 Å². The standard InChI is InChI=1S/C20H25N5O/c1-19(2)13-4-8-20(19,3)16(12-13)25-17(26)15-7-11-22-18(24-15)23-14-5-9-21-10-6-14/h5-7,9-11,13,16H,4,8,12H2,1-3H3,(H,25,26)(H,21,22,23,24)/t13-,16-,20+/m0/s1. The van der Waals surface area contributed by atoms with Crippen molar-refractivity contribution in [1.82, 2.24) is 20.3 Å². The summed E-state index contributed by atoms with van der Waals surface area (Å²) in [5.74, 6) is 0.968. The van der Waals surface area contributed by atoms with Gasteiger partial charge in [0.15, 0.2) is 0 Å². The van der Waals surface area contributed by atoms with E-state index in [1.54, 1.807) is 24.7 Å². The number of anilines is 2. The summed E-state index contributed by atoms with van der Waals surface area (Å²) in [4.78, 5) is 25.4. The first-order chi connectivity index (χ1) is 12.4. The highest BCUT2D eigenvalue weighted by atomic mass is 16.2. The highest BCUT2D eigenvalue weighted by Gasteiger charge is 2.61. The van der Waals surface area contributed by atoms with E-state index in [4.69, 9.17) is 0 Å². The van der Waals surface area contributed by atoms with Gasteiger partial charge >= 0.3 is 0 Å². The topological polar surface area (TPSA) is 79.8 Å². The zero-order valence-electron chi connectivity index (χ0n) is 15.5. The Morgan fingerprint density at radius 1 is 1.15 bits per heavy atom. The number of hydrogen-bond donors (Lipinski definition) is 2. The summed E-state index contributed by atoms with van der Waals surface area (Å²) in [5, 5.41) is 6.34. The molecule has 2 aliphatic carbocycles. The molecule has 2 N–H and O–H groups in total. The van der Waals surface area contributed by atoms with Crippen LogP contribution in [0.15, 0.2) is 36.8 Å². The fraction of sp³-hybridized carbons (Fsp3) is 0.500. The van der Waals surface area contributed by atoms with Gasteiger partial charge in [0.25, 0.3) is 5.91 Å². The molecule has 1 amide bonds. The van der Waals surface area contributed by atoms with Gasteiger partial charge in [-0.3, -0.25) is 9.78 Å². The number of aromatic nitrogens is 3. The van der Waals surface area contributed by atoms with Crippen molar-refractivity contribution in [1.29, 1.82) is 0 Å². The van der Waals surface area contributed by atoms with Gasteiger partial charge in [0, 0.05) is 30.3 Å². The minimum absolute atomic E-state index is 0.125. The fourth-order valence-corrected chi connectivity index (χ4v) is 4.76. The lowest BCUT2D eigenvalue weighted by molar-refractivity contribution is 0.0821. The molecule has 136 valence electrons. The van der Waals surface area contributed by atoms with E-state index in [1.165, 1.54) is 12.8 Å². The molecule has 4 rings (SSSR count). The SMILES string of the molecule is CC1(C)[C@H]2CC[C@]1(C)[C@@H](NC(=O)c1ccnc(Nc3ccncc3)n1)C2. The third-order valence-corrected chi connectivity index (χ3v) is 6.92. The maximum absolute atomic E-state index is 12.8. The van der Waals surface area contributed by atoms with E-state index in [0.29, 0.717) is 17.6 Å². The molecular weight excluding hydrogens is 326 g/mol. The highest BCUT2D eigenvalue weighted by Crippen LogP contribution is 2.65. The Morgan fingerprint density at radius 3 is 2.58 bits per heavy atom. The summed E-state index contributed by atoms with van der Waals surface area (Å²) in [6, 6.07) is 5.52. The van der Waals surface area contributed by atoms with Gasteiger partial charge in [-0.15, -0.1) is 0 Å². The number of nitrogens with one attached hydrogen (secondary N) is 2. The molecule has 0 aliphatic heterocycles. The van der Waals surface area contributed by atoms with Crippen molar-refractivity contribution in [3.8, 4) is 0 Å². The Morgan fingerprint density at radius 2 is 1.92 bits per heavy atom. The van der Waals surface area contributed by atoms with E-state index in [1.807, 2.05) is 12.1 Å². The van der Waals surface area contributed by atoms with Crippen LogP contribution in [0.25, 0.3) is 0 Å². The number of pyridine rings is 1. The van der Waals surface area contributed by atoms with E-state index in [-0.39, 0.29) is 22.8 Å². The molecule has 2 saturated carbocycles. The van der Waals surface area contributed by atoms with Gasteiger partial charge in [-0.25, -0.2) is 9.97 Å². The number of amides is 1. The quantitative estimate of drug-likeness (QED) is 0.880. The van der Waals surface area contributed by atoms with Gasteiger partial charge in [-0.05, 0) is 54.2 Å². The maximum atomic E-state index is 12.8. The Kier molecular flexibility index (Phi) is 3.93. The van der Waals surface area contributed by atoms with Gasteiger partial charge in [-0.1, -0.05) is 20.8 Å². The molecule has 2 aromatic rings. The predicted octanol–water partition coefficient (Wildman–Crippen LogP) is 3.56. The first kappa shape index (κ1) is 16.9. The van der Waals surface area contributed by atoms with E-state index >= 15 is 0 Å². The van der Waals surface area contributed by atoms with Crippen LogP contribution < -0.4 is 10.6 Å². The molecule has 6 nitrogen and oxygen atoms in total. The van der Waals surface area contributed by atoms with Crippen LogP contribution in [-0.2, 0) is 0 Å². The summed E-state index contributed by atoms with van der Waals surface area (Å²) in [6.45, 7) is 7.01. The van der Waals surface area contributed by atoms with Crippen LogP contribution in [0.4, 0.5) is 11.6 Å². The molecule has 2 aromatic heterocycles. The number of rotatable bonds is 4. The molecule has 0 aromatic carbocycles. The van der Waals surface area contributed by atoms with Crippen LogP contribution in [0, 0.1) is 16.7 Å². The number of carbonyl (C=O) groups excluding carboxylic acids is 1. The van der Waals surface area contributed by atoms with Crippen molar-refractivity contribution >= 4 is 17.5 Å². The average Bonchev–Trinajstić information content (AvgIpc) is 2.96. The normalized spacial score (nSPS) is 28.7. The summed E-state index contributed by atoms with van der Waals surface area (Å²) >= 11 is 0. The molecule has 0 spiro atoms. The lowest BCUT2D eigenvalue weighted by atomic mass is 9.69. The van der Waals surface area contributed by atoms with E-state index in [9.17, 15) is 4.79 Å². The van der Waals surface area contributed by atoms with Crippen molar-refractivity contribution in [2.75, 3.05) is 5.32 Å². The van der Waals surface area contributed by atoms with Crippen molar-refractivity contribution in [3.63, 3.8) is 0 Å². The number of fused-ring (bicyclic) bond motifs is 2. The molecular formula is C20H25N5O. The lowest BCUT2D eigenvalue weighted by Gasteiger charge is -2.39. The largest absolute Gasteiger partial charge is 0.347 e. The predicted molar refractivity (Wildman–Crippen MR) is 100 cm³/mol.